The van der Waals surface area contributed by atoms with Gasteiger partial charge < -0.3 is 4.90 Å². The molecule has 0 atom stereocenters. The Balaban J connectivity index is 2.48. The SMILES string of the molecule is CCCN(C)/C(C)=C1\C(c2cccc(Cl)c2)=CSC1=NC. The maximum atomic E-state index is 6.14. The summed E-state index contributed by atoms with van der Waals surface area (Å²) in [5.41, 5.74) is 4.84. The van der Waals surface area contributed by atoms with Crippen LogP contribution < -0.4 is 0 Å². The number of benzene rings is 1. The molecular weight excluding hydrogens is 300 g/mol. The Hall–Kier alpha value is -1.19. The van der Waals surface area contributed by atoms with E-state index in [0.29, 0.717) is 0 Å². The summed E-state index contributed by atoms with van der Waals surface area (Å²) in [6.07, 6.45) is 1.13. The van der Waals surface area contributed by atoms with Crippen LogP contribution in [0.3, 0.4) is 0 Å². The molecule has 0 radical (unpaired) electrons. The zero-order chi connectivity index (χ0) is 15.4. The van der Waals surface area contributed by atoms with Gasteiger partial charge in [0.05, 0.1) is 0 Å². The lowest BCUT2D eigenvalue weighted by molar-refractivity contribution is 0.417. The van der Waals surface area contributed by atoms with E-state index >= 15 is 0 Å². The van der Waals surface area contributed by atoms with Crippen LogP contribution in [0.5, 0.6) is 0 Å². The summed E-state index contributed by atoms with van der Waals surface area (Å²) in [5, 5.41) is 4.01. The monoisotopic (exact) mass is 320 g/mol. The minimum atomic E-state index is 0.763. The van der Waals surface area contributed by atoms with Gasteiger partial charge in [-0.1, -0.05) is 42.4 Å². The lowest BCUT2D eigenvalue weighted by Crippen LogP contribution is -2.19. The summed E-state index contributed by atoms with van der Waals surface area (Å²) < 4.78 is 0. The molecule has 0 unspecified atom stereocenters. The molecule has 0 saturated heterocycles. The molecule has 1 heterocycles. The van der Waals surface area contributed by atoms with Gasteiger partial charge in [-0.3, -0.25) is 4.99 Å². The van der Waals surface area contributed by atoms with E-state index in [4.69, 9.17) is 11.6 Å². The van der Waals surface area contributed by atoms with E-state index in [-0.39, 0.29) is 0 Å². The lowest BCUT2D eigenvalue weighted by atomic mass is 9.98. The first-order valence-electron chi connectivity index (χ1n) is 7.10. The fourth-order valence-corrected chi connectivity index (χ4v) is 3.58. The van der Waals surface area contributed by atoms with Crippen molar-refractivity contribution < 1.29 is 0 Å². The molecule has 21 heavy (non-hydrogen) atoms. The Morgan fingerprint density at radius 3 is 2.76 bits per heavy atom. The van der Waals surface area contributed by atoms with Gasteiger partial charge in [-0.25, -0.2) is 0 Å². The zero-order valence-corrected chi connectivity index (χ0v) is 14.6. The van der Waals surface area contributed by atoms with E-state index in [1.54, 1.807) is 11.8 Å². The van der Waals surface area contributed by atoms with Gasteiger partial charge >= 0.3 is 0 Å². The molecule has 1 aliphatic heterocycles. The van der Waals surface area contributed by atoms with E-state index in [2.05, 4.69) is 42.3 Å². The molecule has 0 spiro atoms. The van der Waals surface area contributed by atoms with Crippen LogP contribution in [-0.2, 0) is 0 Å². The van der Waals surface area contributed by atoms with Crippen molar-refractivity contribution in [3.8, 4) is 0 Å². The quantitative estimate of drug-likeness (QED) is 0.769. The Kier molecular flexibility index (Phi) is 5.54. The topological polar surface area (TPSA) is 15.6 Å². The van der Waals surface area contributed by atoms with Crippen LogP contribution >= 0.6 is 23.4 Å². The highest BCUT2D eigenvalue weighted by atomic mass is 35.5. The Morgan fingerprint density at radius 2 is 2.14 bits per heavy atom. The van der Waals surface area contributed by atoms with Gasteiger partial charge in [-0.2, -0.15) is 0 Å². The van der Waals surface area contributed by atoms with Crippen molar-refractivity contribution in [1.29, 1.82) is 0 Å². The molecule has 2 rings (SSSR count). The number of hydrogen-bond donors (Lipinski definition) is 0. The smallest absolute Gasteiger partial charge is 0.104 e. The Labute approximate surface area is 136 Å². The van der Waals surface area contributed by atoms with E-state index < -0.39 is 0 Å². The third-order valence-corrected chi connectivity index (χ3v) is 4.80. The molecule has 0 aliphatic carbocycles. The first-order valence-corrected chi connectivity index (χ1v) is 8.36. The van der Waals surface area contributed by atoms with Crippen molar-refractivity contribution in [3.05, 3.63) is 51.5 Å². The van der Waals surface area contributed by atoms with Crippen molar-refractivity contribution in [1.82, 2.24) is 4.90 Å². The number of thioether (sulfide) groups is 1. The molecule has 1 aromatic carbocycles. The van der Waals surface area contributed by atoms with Crippen LogP contribution in [0.25, 0.3) is 5.57 Å². The van der Waals surface area contributed by atoms with Crippen molar-refractivity contribution in [3.63, 3.8) is 0 Å². The summed E-state index contributed by atoms with van der Waals surface area (Å²) in [4.78, 5) is 6.74. The van der Waals surface area contributed by atoms with Gasteiger partial charge in [-0.15, -0.1) is 0 Å². The zero-order valence-electron chi connectivity index (χ0n) is 13.0. The van der Waals surface area contributed by atoms with Gasteiger partial charge in [0.15, 0.2) is 0 Å². The second-order valence-electron chi connectivity index (χ2n) is 5.07. The molecule has 1 aromatic rings. The molecular formula is C17H21ClN2S. The van der Waals surface area contributed by atoms with Crippen molar-refractivity contribution >= 4 is 34.0 Å². The van der Waals surface area contributed by atoms with Gasteiger partial charge in [0, 0.05) is 42.5 Å². The lowest BCUT2D eigenvalue weighted by Gasteiger charge is -2.22. The van der Waals surface area contributed by atoms with Gasteiger partial charge in [-0.05, 0) is 36.4 Å². The van der Waals surface area contributed by atoms with Crippen molar-refractivity contribution in [2.45, 2.75) is 20.3 Å². The second kappa shape index (κ2) is 7.19. The largest absolute Gasteiger partial charge is 0.378 e. The predicted octanol–water partition coefficient (Wildman–Crippen LogP) is 5.07. The van der Waals surface area contributed by atoms with Gasteiger partial charge in [0.25, 0.3) is 0 Å². The number of hydrogen-bond acceptors (Lipinski definition) is 3. The van der Waals surface area contributed by atoms with Crippen LogP contribution in [0.1, 0.15) is 25.8 Å². The molecule has 0 saturated carbocycles. The van der Waals surface area contributed by atoms with Crippen LogP contribution in [0.2, 0.25) is 5.02 Å². The predicted molar refractivity (Wildman–Crippen MR) is 96.0 cm³/mol. The molecule has 2 nitrogen and oxygen atoms in total. The molecule has 0 aromatic heterocycles. The summed E-state index contributed by atoms with van der Waals surface area (Å²) in [6.45, 7) is 5.40. The Bertz CT molecular complexity index is 617. The summed E-state index contributed by atoms with van der Waals surface area (Å²) >= 11 is 7.83. The standard InChI is InChI=1S/C17H21ClN2S/c1-5-9-20(4)12(2)16-15(11-21-17(16)19-3)13-7-6-8-14(18)10-13/h6-8,10-11H,5,9H2,1-4H3/b16-12+,19-17?. The summed E-state index contributed by atoms with van der Waals surface area (Å²) in [7, 11) is 3.99. The number of aliphatic imine (C=N–C) groups is 1. The summed E-state index contributed by atoms with van der Waals surface area (Å²) in [5.74, 6) is 0. The van der Waals surface area contributed by atoms with Crippen LogP contribution in [0, 0.1) is 0 Å². The highest BCUT2D eigenvalue weighted by Crippen LogP contribution is 2.40. The average Bonchev–Trinajstić information content (AvgIpc) is 2.90. The van der Waals surface area contributed by atoms with Crippen molar-refractivity contribution in [2.24, 2.45) is 4.99 Å². The fourth-order valence-electron chi connectivity index (χ4n) is 2.42. The van der Waals surface area contributed by atoms with Crippen LogP contribution in [0.4, 0.5) is 0 Å². The Morgan fingerprint density at radius 1 is 1.38 bits per heavy atom. The number of halogens is 1. The van der Waals surface area contributed by atoms with Crippen LogP contribution in [-0.4, -0.2) is 30.6 Å². The molecule has 0 bridgehead atoms. The molecule has 4 heteroatoms. The first kappa shape index (κ1) is 16.2. The maximum Gasteiger partial charge on any atom is 0.104 e. The molecule has 0 amide bonds. The van der Waals surface area contributed by atoms with E-state index in [9.17, 15) is 0 Å². The van der Waals surface area contributed by atoms with Crippen molar-refractivity contribution in [2.75, 3.05) is 20.6 Å². The van der Waals surface area contributed by atoms with E-state index in [1.165, 1.54) is 16.8 Å². The average molecular weight is 321 g/mol. The minimum absolute atomic E-state index is 0.763. The maximum absolute atomic E-state index is 6.14. The molecule has 1 aliphatic rings. The first-order chi connectivity index (χ1) is 10.1. The summed E-state index contributed by atoms with van der Waals surface area (Å²) in [6, 6.07) is 8.01. The minimum Gasteiger partial charge on any atom is -0.378 e. The van der Waals surface area contributed by atoms with Gasteiger partial charge in [0.2, 0.25) is 0 Å². The highest BCUT2D eigenvalue weighted by molar-refractivity contribution is 8.17. The highest BCUT2D eigenvalue weighted by Gasteiger charge is 2.24. The van der Waals surface area contributed by atoms with E-state index in [0.717, 1.165) is 28.6 Å². The third kappa shape index (κ3) is 3.53. The fraction of sp³-hybridized carbons (Fsp3) is 0.353. The van der Waals surface area contributed by atoms with E-state index in [1.807, 2.05) is 25.2 Å². The number of nitrogens with zero attached hydrogens (tertiary/aromatic N) is 2. The molecule has 0 fully saturated rings. The molecule has 0 N–H and O–H groups in total. The molecule has 112 valence electrons. The third-order valence-electron chi connectivity index (χ3n) is 3.60. The van der Waals surface area contributed by atoms with Gasteiger partial charge in [0.1, 0.15) is 5.04 Å². The normalized spacial score (nSPS) is 18.9. The second-order valence-corrected chi connectivity index (χ2v) is 6.36. The number of allylic oxidation sites excluding steroid dienone is 2. The number of rotatable bonds is 4. The van der Waals surface area contributed by atoms with Crippen LogP contribution in [0.15, 0.2) is 45.9 Å².